The van der Waals surface area contributed by atoms with Crippen LogP contribution in [0.15, 0.2) is 29.4 Å². The van der Waals surface area contributed by atoms with Crippen molar-refractivity contribution < 1.29 is 14.4 Å². The van der Waals surface area contributed by atoms with E-state index in [9.17, 15) is 9.59 Å². The van der Waals surface area contributed by atoms with Crippen LogP contribution < -0.4 is 10.4 Å². The normalized spacial score (nSPS) is 10.6. The topological polar surface area (TPSA) is 83.9 Å². The largest absolute Gasteiger partial charge is 0.351 e. The first kappa shape index (κ1) is 12.6. The molecule has 2 amide bonds. The molecule has 0 aliphatic rings. The number of likely N-dealkylation sites (N-methyl/N-ethyl adjacent to an activating group) is 1. The van der Waals surface area contributed by atoms with E-state index in [1.807, 2.05) is 0 Å². The van der Waals surface area contributed by atoms with E-state index in [4.69, 9.17) is 4.84 Å². The molecule has 0 saturated heterocycles. The summed E-state index contributed by atoms with van der Waals surface area (Å²) >= 11 is 0. The lowest BCUT2D eigenvalue weighted by atomic mass is 10.5. The number of nitrogens with one attached hydrogen (secondary N) is 1. The third kappa shape index (κ3) is 3.26. The number of hydroxylamine groups is 1. The van der Waals surface area contributed by atoms with Gasteiger partial charge in [-0.15, -0.1) is 5.06 Å². The Bertz CT molecular complexity index is 419. The molecule has 0 unspecified atom stereocenters. The molecular formula is C10H12N4O3. The molecule has 1 heterocycles. The first-order chi connectivity index (χ1) is 8.22. The molecule has 17 heavy (non-hydrogen) atoms. The summed E-state index contributed by atoms with van der Waals surface area (Å²) in [5, 5.41) is 3.16. The Morgan fingerprint density at radius 3 is 2.82 bits per heavy atom. The second-order valence-corrected chi connectivity index (χ2v) is 2.82. The van der Waals surface area contributed by atoms with Crippen molar-refractivity contribution >= 4 is 24.0 Å². The lowest BCUT2D eigenvalue weighted by Crippen LogP contribution is -2.36. The summed E-state index contributed by atoms with van der Waals surface area (Å²) in [5.41, 5.74) is 0. The van der Waals surface area contributed by atoms with E-state index in [0.717, 1.165) is 5.06 Å². The van der Waals surface area contributed by atoms with Crippen molar-refractivity contribution in [2.45, 2.75) is 0 Å². The quantitative estimate of drug-likeness (QED) is 0.339. The van der Waals surface area contributed by atoms with Crippen LogP contribution in [0.3, 0.4) is 0 Å². The van der Waals surface area contributed by atoms with Crippen molar-refractivity contribution in [2.24, 2.45) is 4.99 Å². The van der Waals surface area contributed by atoms with E-state index in [0.29, 0.717) is 6.41 Å². The van der Waals surface area contributed by atoms with Gasteiger partial charge in [-0.05, 0) is 12.1 Å². The Kier molecular flexibility index (Phi) is 4.61. The van der Waals surface area contributed by atoms with Crippen LogP contribution >= 0.6 is 0 Å². The number of anilines is 1. The van der Waals surface area contributed by atoms with E-state index in [2.05, 4.69) is 15.3 Å². The highest BCUT2D eigenvalue weighted by molar-refractivity contribution is 6.35. The number of hydrogen-bond donors (Lipinski definition) is 1. The Morgan fingerprint density at radius 2 is 2.35 bits per heavy atom. The first-order valence-corrected chi connectivity index (χ1v) is 4.75. The fourth-order valence-electron chi connectivity index (χ4n) is 0.990. The monoisotopic (exact) mass is 236 g/mol. The molecule has 1 rings (SSSR count). The fraction of sp³-hybridized carbons (Fsp3) is 0.200. The number of hydrogen-bond acceptors (Lipinski definition) is 5. The van der Waals surface area contributed by atoms with E-state index >= 15 is 0 Å². The highest BCUT2D eigenvalue weighted by Gasteiger charge is 2.16. The summed E-state index contributed by atoms with van der Waals surface area (Å²) in [6, 6.07) is 4.94. The number of carbonyl (C=O) groups is 2. The van der Waals surface area contributed by atoms with Gasteiger partial charge in [0.25, 0.3) is 0 Å². The molecule has 1 aromatic heterocycles. The molecule has 0 fully saturated rings. The SMILES string of the molecule is CN=C(ON(C=O)c1ccccn1)C(=O)NC. The smallest absolute Gasteiger partial charge is 0.309 e. The third-order valence-corrected chi connectivity index (χ3v) is 1.78. The van der Waals surface area contributed by atoms with Gasteiger partial charge in [-0.2, -0.15) is 0 Å². The summed E-state index contributed by atoms with van der Waals surface area (Å²) in [4.78, 5) is 34.7. The molecule has 7 nitrogen and oxygen atoms in total. The minimum absolute atomic E-state index is 0.231. The standard InChI is InChI=1S/C10H12N4O3/c1-11-9(16)10(12-2)17-14(7-15)8-5-3-4-6-13-8/h3-7H,1-2H3,(H,11,16). The average Bonchev–Trinajstić information content (AvgIpc) is 2.40. The number of aliphatic imine (C=N–C) groups is 1. The lowest BCUT2D eigenvalue weighted by molar-refractivity contribution is -0.116. The Labute approximate surface area is 98.1 Å². The van der Waals surface area contributed by atoms with Gasteiger partial charge in [-0.3, -0.25) is 9.59 Å². The number of rotatable bonds is 3. The maximum Gasteiger partial charge on any atom is 0.309 e. The molecular weight excluding hydrogens is 224 g/mol. The molecule has 7 heteroatoms. The Balaban J connectivity index is 2.84. The molecule has 0 aromatic carbocycles. The van der Waals surface area contributed by atoms with Gasteiger partial charge >= 0.3 is 11.8 Å². The van der Waals surface area contributed by atoms with Gasteiger partial charge in [-0.25, -0.2) is 9.98 Å². The molecule has 1 aromatic rings. The number of nitrogens with zero attached hydrogens (tertiary/aromatic N) is 3. The first-order valence-electron chi connectivity index (χ1n) is 4.75. The van der Waals surface area contributed by atoms with Gasteiger partial charge in [0.05, 0.1) is 0 Å². The average molecular weight is 236 g/mol. The summed E-state index contributed by atoms with van der Waals surface area (Å²) in [6.07, 6.45) is 1.90. The minimum Gasteiger partial charge on any atom is -0.351 e. The summed E-state index contributed by atoms with van der Waals surface area (Å²) in [6.45, 7) is 0. The molecule has 0 spiro atoms. The van der Waals surface area contributed by atoms with Gasteiger partial charge < -0.3 is 10.2 Å². The summed E-state index contributed by atoms with van der Waals surface area (Å²) in [7, 11) is 2.81. The van der Waals surface area contributed by atoms with Gasteiger partial charge in [0.2, 0.25) is 6.41 Å². The molecule has 0 radical (unpaired) electrons. The van der Waals surface area contributed by atoms with Crippen LogP contribution in [-0.4, -0.2) is 37.3 Å². The van der Waals surface area contributed by atoms with Gasteiger partial charge in [0.1, 0.15) is 0 Å². The van der Waals surface area contributed by atoms with E-state index in [-0.39, 0.29) is 11.7 Å². The second-order valence-electron chi connectivity index (χ2n) is 2.82. The van der Waals surface area contributed by atoms with Crippen molar-refractivity contribution in [3.8, 4) is 0 Å². The van der Waals surface area contributed by atoms with Crippen molar-refractivity contribution in [3.05, 3.63) is 24.4 Å². The molecule has 0 saturated carbocycles. The molecule has 0 atom stereocenters. The van der Waals surface area contributed by atoms with Crippen LogP contribution in [0.5, 0.6) is 0 Å². The molecule has 0 aliphatic heterocycles. The molecule has 1 N–H and O–H groups in total. The Morgan fingerprint density at radius 1 is 1.59 bits per heavy atom. The summed E-state index contributed by atoms with van der Waals surface area (Å²) in [5.74, 6) is -0.506. The maximum absolute atomic E-state index is 11.3. The lowest BCUT2D eigenvalue weighted by Gasteiger charge is -2.16. The summed E-state index contributed by atoms with van der Waals surface area (Å²) < 4.78 is 0. The van der Waals surface area contributed by atoms with Crippen LogP contribution in [0.4, 0.5) is 5.82 Å². The zero-order valence-electron chi connectivity index (χ0n) is 9.45. The maximum atomic E-state index is 11.3. The molecule has 90 valence electrons. The fourth-order valence-corrected chi connectivity index (χ4v) is 0.990. The van der Waals surface area contributed by atoms with Crippen LogP contribution in [0.1, 0.15) is 0 Å². The molecule has 0 aliphatic carbocycles. The highest BCUT2D eigenvalue weighted by atomic mass is 16.7. The minimum atomic E-state index is -0.532. The zero-order valence-corrected chi connectivity index (χ0v) is 9.45. The van der Waals surface area contributed by atoms with Gasteiger partial charge in [-0.1, -0.05) is 6.07 Å². The number of pyridine rings is 1. The van der Waals surface area contributed by atoms with E-state index in [1.54, 1.807) is 18.2 Å². The van der Waals surface area contributed by atoms with Crippen molar-refractivity contribution in [3.63, 3.8) is 0 Å². The molecule has 0 bridgehead atoms. The van der Waals surface area contributed by atoms with Crippen LogP contribution in [0.25, 0.3) is 0 Å². The van der Waals surface area contributed by atoms with Crippen molar-refractivity contribution in [2.75, 3.05) is 19.2 Å². The van der Waals surface area contributed by atoms with Gasteiger partial charge in [0, 0.05) is 20.3 Å². The van der Waals surface area contributed by atoms with E-state index in [1.165, 1.54) is 20.3 Å². The van der Waals surface area contributed by atoms with Crippen molar-refractivity contribution in [1.82, 2.24) is 10.3 Å². The number of amides is 2. The van der Waals surface area contributed by atoms with E-state index < -0.39 is 5.91 Å². The van der Waals surface area contributed by atoms with Crippen molar-refractivity contribution in [1.29, 1.82) is 0 Å². The number of aromatic nitrogens is 1. The van der Waals surface area contributed by atoms with Crippen LogP contribution in [0.2, 0.25) is 0 Å². The highest BCUT2D eigenvalue weighted by Crippen LogP contribution is 2.07. The zero-order chi connectivity index (χ0) is 12.7. The van der Waals surface area contributed by atoms with Crippen LogP contribution in [-0.2, 0) is 14.4 Å². The number of carbonyl (C=O) groups excluding carboxylic acids is 2. The Hall–Kier alpha value is -2.44. The third-order valence-electron chi connectivity index (χ3n) is 1.78. The predicted octanol–water partition coefficient (Wildman–Crippen LogP) is -0.250. The van der Waals surface area contributed by atoms with Gasteiger partial charge in [0.15, 0.2) is 5.82 Å². The predicted molar refractivity (Wildman–Crippen MR) is 61.3 cm³/mol. The second kappa shape index (κ2) is 6.21. The van der Waals surface area contributed by atoms with Crippen LogP contribution in [0, 0.1) is 0 Å².